The van der Waals surface area contributed by atoms with Gasteiger partial charge in [-0.25, -0.2) is 9.66 Å². The van der Waals surface area contributed by atoms with Gasteiger partial charge < -0.3 is 10.5 Å². The van der Waals surface area contributed by atoms with E-state index in [0.29, 0.717) is 5.95 Å². The molecule has 0 fully saturated rings. The molecule has 0 unspecified atom stereocenters. The molecule has 3 rings (SSSR count). The van der Waals surface area contributed by atoms with E-state index < -0.39 is 0 Å². The van der Waals surface area contributed by atoms with Gasteiger partial charge in [0, 0.05) is 0 Å². The van der Waals surface area contributed by atoms with E-state index >= 15 is 0 Å². The molecule has 0 aliphatic carbocycles. The average Bonchev–Trinajstić information content (AvgIpc) is 2.85. The molecular weight excluding hydrogens is 276 g/mol. The summed E-state index contributed by atoms with van der Waals surface area (Å²) in [6, 6.07) is 17.3. The highest BCUT2D eigenvalue weighted by molar-refractivity contribution is 5.79. The SMILES string of the molecule is Cc1cn(N=Cc2ccc(Oc3ccccc3)cc2)c(N)n1. The second-order valence-corrected chi connectivity index (χ2v) is 4.81. The average molecular weight is 292 g/mol. The predicted molar refractivity (Wildman–Crippen MR) is 87.3 cm³/mol. The van der Waals surface area contributed by atoms with Crippen LogP contribution >= 0.6 is 0 Å². The van der Waals surface area contributed by atoms with Crippen LogP contribution in [-0.2, 0) is 0 Å². The largest absolute Gasteiger partial charge is 0.457 e. The second kappa shape index (κ2) is 6.13. The lowest BCUT2D eigenvalue weighted by atomic mass is 10.2. The van der Waals surface area contributed by atoms with Gasteiger partial charge in [0.25, 0.3) is 0 Å². The molecule has 0 saturated heterocycles. The van der Waals surface area contributed by atoms with E-state index in [9.17, 15) is 0 Å². The highest BCUT2D eigenvalue weighted by Gasteiger charge is 1.99. The maximum absolute atomic E-state index is 5.74. The summed E-state index contributed by atoms with van der Waals surface area (Å²) in [6.07, 6.45) is 3.50. The van der Waals surface area contributed by atoms with Crippen molar-refractivity contribution in [1.82, 2.24) is 9.66 Å². The third kappa shape index (κ3) is 3.32. The highest BCUT2D eigenvalue weighted by atomic mass is 16.5. The van der Waals surface area contributed by atoms with Gasteiger partial charge >= 0.3 is 0 Å². The number of nitrogen functional groups attached to an aromatic ring is 1. The molecule has 0 bridgehead atoms. The van der Waals surface area contributed by atoms with Crippen molar-refractivity contribution in [2.24, 2.45) is 5.10 Å². The summed E-state index contributed by atoms with van der Waals surface area (Å²) in [4.78, 5) is 4.09. The van der Waals surface area contributed by atoms with Crippen LogP contribution in [0.15, 0.2) is 65.9 Å². The summed E-state index contributed by atoms with van der Waals surface area (Å²) in [7, 11) is 0. The van der Waals surface area contributed by atoms with E-state index in [1.807, 2.05) is 61.5 Å². The first-order chi connectivity index (χ1) is 10.7. The zero-order chi connectivity index (χ0) is 15.4. The number of hydrogen-bond donors (Lipinski definition) is 1. The van der Waals surface area contributed by atoms with Crippen molar-refractivity contribution in [1.29, 1.82) is 0 Å². The lowest BCUT2D eigenvalue weighted by molar-refractivity contribution is 0.482. The Balaban J connectivity index is 1.70. The molecule has 110 valence electrons. The van der Waals surface area contributed by atoms with Gasteiger partial charge in [0.1, 0.15) is 11.5 Å². The third-order valence-corrected chi connectivity index (χ3v) is 3.02. The number of imidazole rings is 1. The number of nitrogens with two attached hydrogens (primary N) is 1. The zero-order valence-electron chi connectivity index (χ0n) is 12.2. The summed E-state index contributed by atoms with van der Waals surface area (Å²) in [6.45, 7) is 1.87. The topological polar surface area (TPSA) is 65.4 Å². The van der Waals surface area contributed by atoms with E-state index in [0.717, 1.165) is 22.8 Å². The quantitative estimate of drug-likeness (QED) is 0.749. The highest BCUT2D eigenvalue weighted by Crippen LogP contribution is 2.20. The van der Waals surface area contributed by atoms with E-state index in [1.165, 1.54) is 0 Å². The van der Waals surface area contributed by atoms with Gasteiger partial charge in [0.2, 0.25) is 5.95 Å². The molecular formula is C17H16N4O. The number of hydrogen-bond acceptors (Lipinski definition) is 4. The molecule has 22 heavy (non-hydrogen) atoms. The molecule has 5 heteroatoms. The Morgan fingerprint density at radius 2 is 1.73 bits per heavy atom. The maximum Gasteiger partial charge on any atom is 0.221 e. The van der Waals surface area contributed by atoms with Gasteiger partial charge in [0.05, 0.1) is 18.1 Å². The molecule has 3 aromatic rings. The molecule has 0 saturated carbocycles. The molecule has 0 radical (unpaired) electrons. The van der Waals surface area contributed by atoms with Crippen LogP contribution in [0.1, 0.15) is 11.3 Å². The monoisotopic (exact) mass is 292 g/mol. The van der Waals surface area contributed by atoms with Gasteiger partial charge in [-0.15, -0.1) is 0 Å². The van der Waals surface area contributed by atoms with Crippen LogP contribution in [0.3, 0.4) is 0 Å². The molecule has 0 aliphatic rings. The fourth-order valence-corrected chi connectivity index (χ4v) is 1.97. The van der Waals surface area contributed by atoms with Crippen molar-refractivity contribution in [2.45, 2.75) is 6.92 Å². The maximum atomic E-state index is 5.74. The van der Waals surface area contributed by atoms with Crippen LogP contribution in [0.5, 0.6) is 11.5 Å². The Morgan fingerprint density at radius 1 is 1.05 bits per heavy atom. The molecule has 2 N–H and O–H groups in total. The molecule has 1 heterocycles. The van der Waals surface area contributed by atoms with Crippen LogP contribution in [0.2, 0.25) is 0 Å². The second-order valence-electron chi connectivity index (χ2n) is 4.81. The number of aromatic nitrogens is 2. The number of benzene rings is 2. The van der Waals surface area contributed by atoms with Gasteiger partial charge in [-0.05, 0) is 48.9 Å². The van der Waals surface area contributed by atoms with E-state index in [1.54, 1.807) is 17.1 Å². The van der Waals surface area contributed by atoms with Crippen molar-refractivity contribution < 1.29 is 4.74 Å². The normalized spacial score (nSPS) is 11.0. The Bertz CT molecular complexity index is 776. The molecule has 0 amide bonds. The fourth-order valence-electron chi connectivity index (χ4n) is 1.97. The van der Waals surface area contributed by atoms with Crippen LogP contribution in [0.25, 0.3) is 0 Å². The van der Waals surface area contributed by atoms with Gasteiger partial charge in [0.15, 0.2) is 0 Å². The first kappa shape index (κ1) is 13.9. The van der Waals surface area contributed by atoms with Gasteiger partial charge in [-0.1, -0.05) is 18.2 Å². The van der Waals surface area contributed by atoms with Crippen LogP contribution in [0, 0.1) is 6.92 Å². The number of ether oxygens (including phenoxy) is 1. The molecule has 1 aromatic heterocycles. The predicted octanol–water partition coefficient (Wildman–Crippen LogP) is 3.45. The van der Waals surface area contributed by atoms with Crippen molar-refractivity contribution in [3.05, 3.63) is 72.1 Å². The minimum absolute atomic E-state index is 0.373. The summed E-state index contributed by atoms with van der Waals surface area (Å²) in [5, 5.41) is 4.27. The van der Waals surface area contributed by atoms with Gasteiger partial charge in [-0.3, -0.25) is 0 Å². The van der Waals surface area contributed by atoms with Crippen LogP contribution < -0.4 is 10.5 Å². The number of nitrogens with zero attached hydrogens (tertiary/aromatic N) is 3. The van der Waals surface area contributed by atoms with Crippen LogP contribution in [0.4, 0.5) is 5.95 Å². The van der Waals surface area contributed by atoms with E-state index in [4.69, 9.17) is 10.5 Å². The number of rotatable bonds is 4. The molecule has 5 nitrogen and oxygen atoms in total. The number of anilines is 1. The minimum atomic E-state index is 0.373. The van der Waals surface area contributed by atoms with Gasteiger partial charge in [-0.2, -0.15) is 5.10 Å². The summed E-state index contributed by atoms with van der Waals surface area (Å²) in [5.74, 6) is 1.96. The summed E-state index contributed by atoms with van der Waals surface area (Å²) >= 11 is 0. The standard InChI is InChI=1S/C17H16N4O/c1-13-12-21(17(18)20-13)19-11-14-7-9-16(10-8-14)22-15-5-3-2-4-6-15/h2-12H,1H3,(H2,18,20). The Labute approximate surface area is 128 Å². The molecule has 0 aliphatic heterocycles. The first-order valence-corrected chi connectivity index (χ1v) is 6.89. The Morgan fingerprint density at radius 3 is 2.36 bits per heavy atom. The summed E-state index contributed by atoms with van der Waals surface area (Å²) in [5.41, 5.74) is 7.52. The lowest BCUT2D eigenvalue weighted by Gasteiger charge is -2.05. The minimum Gasteiger partial charge on any atom is -0.457 e. The van der Waals surface area contributed by atoms with Crippen molar-refractivity contribution in [3.8, 4) is 11.5 Å². The molecule has 2 aromatic carbocycles. The molecule has 0 spiro atoms. The zero-order valence-corrected chi connectivity index (χ0v) is 12.2. The fraction of sp³-hybridized carbons (Fsp3) is 0.0588. The molecule has 0 atom stereocenters. The smallest absolute Gasteiger partial charge is 0.221 e. The number of para-hydroxylation sites is 1. The Kier molecular flexibility index (Phi) is 3.87. The van der Waals surface area contributed by atoms with Crippen molar-refractivity contribution >= 4 is 12.2 Å². The lowest BCUT2D eigenvalue weighted by Crippen LogP contribution is -1.96. The Hall–Kier alpha value is -3.08. The summed E-state index contributed by atoms with van der Waals surface area (Å²) < 4.78 is 7.28. The van der Waals surface area contributed by atoms with Crippen molar-refractivity contribution in [2.75, 3.05) is 5.73 Å². The van der Waals surface area contributed by atoms with Crippen LogP contribution in [-0.4, -0.2) is 15.9 Å². The van der Waals surface area contributed by atoms with E-state index in [2.05, 4.69) is 10.1 Å². The third-order valence-electron chi connectivity index (χ3n) is 3.02. The van der Waals surface area contributed by atoms with Crippen molar-refractivity contribution in [3.63, 3.8) is 0 Å². The number of aryl methyl sites for hydroxylation is 1. The first-order valence-electron chi connectivity index (χ1n) is 6.89. The van der Waals surface area contributed by atoms with E-state index in [-0.39, 0.29) is 0 Å².